The van der Waals surface area contributed by atoms with Gasteiger partial charge < -0.3 is 15.0 Å². The zero-order chi connectivity index (χ0) is 14.7. The predicted molar refractivity (Wildman–Crippen MR) is 87.5 cm³/mol. The van der Waals surface area contributed by atoms with Gasteiger partial charge in [-0.1, -0.05) is 29.3 Å². The van der Waals surface area contributed by atoms with Crippen molar-refractivity contribution < 1.29 is 9.53 Å². The maximum absolute atomic E-state index is 12.4. The fourth-order valence-electron chi connectivity index (χ4n) is 2.19. The van der Waals surface area contributed by atoms with Crippen molar-refractivity contribution in [2.45, 2.75) is 19.1 Å². The molecule has 1 fully saturated rings. The zero-order valence-electron chi connectivity index (χ0n) is 11.9. The number of nitrogens with one attached hydrogen (secondary N) is 1. The summed E-state index contributed by atoms with van der Waals surface area (Å²) < 4.78 is 5.49. The van der Waals surface area contributed by atoms with Crippen LogP contribution in [-0.4, -0.2) is 43.7 Å². The van der Waals surface area contributed by atoms with Gasteiger partial charge in [-0.05, 0) is 24.6 Å². The third kappa shape index (κ3) is 4.47. The Kier molecular flexibility index (Phi) is 7.24. The van der Waals surface area contributed by atoms with E-state index < -0.39 is 6.10 Å². The number of carbonyl (C=O) groups excluding carboxylic acids is 1. The number of rotatable bonds is 3. The maximum Gasteiger partial charge on any atom is 0.253 e. The molecule has 7 heteroatoms. The molecule has 0 aromatic heterocycles. The third-order valence-electron chi connectivity index (χ3n) is 3.54. The summed E-state index contributed by atoms with van der Waals surface area (Å²) in [5, 5.41) is 4.30. The molecule has 4 nitrogen and oxygen atoms in total. The Balaban J connectivity index is 0.00000220. The number of hydrogen-bond donors (Lipinski definition) is 1. The number of likely N-dealkylation sites (N-methyl/N-ethyl adjacent to an activating group) is 1. The van der Waals surface area contributed by atoms with Crippen molar-refractivity contribution in [2.24, 2.45) is 0 Å². The lowest BCUT2D eigenvalue weighted by Crippen LogP contribution is -2.48. The van der Waals surface area contributed by atoms with Gasteiger partial charge in [-0.2, -0.15) is 0 Å². The van der Waals surface area contributed by atoms with Crippen LogP contribution in [0.2, 0.25) is 10.0 Å². The van der Waals surface area contributed by atoms with Gasteiger partial charge in [0.05, 0.1) is 12.6 Å². The van der Waals surface area contributed by atoms with Gasteiger partial charge in [-0.3, -0.25) is 4.79 Å². The minimum absolute atomic E-state index is 0. The monoisotopic (exact) mass is 352 g/mol. The number of benzene rings is 1. The topological polar surface area (TPSA) is 41.6 Å². The van der Waals surface area contributed by atoms with Gasteiger partial charge in [0.2, 0.25) is 0 Å². The van der Waals surface area contributed by atoms with Gasteiger partial charge in [0.15, 0.2) is 0 Å². The Morgan fingerprint density at radius 3 is 2.76 bits per heavy atom. The summed E-state index contributed by atoms with van der Waals surface area (Å²) in [4.78, 5) is 14.0. The number of amides is 1. The largest absolute Gasteiger partial charge is 0.366 e. The van der Waals surface area contributed by atoms with Crippen LogP contribution in [-0.2, 0) is 9.53 Å². The lowest BCUT2D eigenvalue weighted by molar-refractivity contribution is -0.145. The van der Waals surface area contributed by atoms with Crippen LogP contribution in [0.5, 0.6) is 0 Å². The second-order valence-electron chi connectivity index (χ2n) is 4.85. The Morgan fingerprint density at radius 2 is 2.19 bits per heavy atom. The number of ether oxygens (including phenoxy) is 1. The number of nitrogens with zero attached hydrogens (tertiary/aromatic N) is 1. The van der Waals surface area contributed by atoms with E-state index in [0.29, 0.717) is 23.2 Å². The van der Waals surface area contributed by atoms with E-state index in [2.05, 4.69) is 5.32 Å². The van der Waals surface area contributed by atoms with Crippen molar-refractivity contribution in [3.63, 3.8) is 0 Å². The molecule has 2 rings (SSSR count). The molecule has 1 aromatic carbocycles. The van der Waals surface area contributed by atoms with Gasteiger partial charge in [0.1, 0.15) is 6.10 Å². The van der Waals surface area contributed by atoms with Crippen LogP contribution < -0.4 is 5.32 Å². The predicted octanol–water partition coefficient (Wildman–Crippen LogP) is 2.92. The average molecular weight is 354 g/mol. The SMILES string of the molecule is CC(c1ccc(Cl)cc1Cl)N(C)C(=O)C1CNCCO1.Cl. The molecule has 1 aliphatic heterocycles. The highest BCUT2D eigenvalue weighted by molar-refractivity contribution is 6.35. The standard InChI is InChI=1S/C14H18Cl2N2O2.ClH/c1-9(11-4-3-10(15)7-12(11)16)18(2)14(19)13-8-17-5-6-20-13;/h3-4,7,9,13,17H,5-6,8H2,1-2H3;1H. The molecular formula is C14H19Cl3N2O2. The van der Waals surface area contributed by atoms with Crippen molar-refractivity contribution in [1.82, 2.24) is 10.2 Å². The van der Waals surface area contributed by atoms with E-state index in [1.165, 1.54) is 0 Å². The summed E-state index contributed by atoms with van der Waals surface area (Å²) in [5.74, 6) is -0.0456. The summed E-state index contributed by atoms with van der Waals surface area (Å²) in [5.41, 5.74) is 0.871. The molecule has 21 heavy (non-hydrogen) atoms. The molecule has 0 bridgehead atoms. The first-order valence-corrected chi connectivity index (χ1v) is 7.30. The highest BCUT2D eigenvalue weighted by atomic mass is 35.5. The van der Waals surface area contributed by atoms with Crippen molar-refractivity contribution in [2.75, 3.05) is 26.7 Å². The Bertz CT molecular complexity index is 493. The fourth-order valence-corrected chi connectivity index (χ4v) is 2.76. The summed E-state index contributed by atoms with van der Waals surface area (Å²) in [6.45, 7) is 3.82. The highest BCUT2D eigenvalue weighted by Crippen LogP contribution is 2.29. The van der Waals surface area contributed by atoms with Crippen LogP contribution in [0.25, 0.3) is 0 Å². The average Bonchev–Trinajstić information content (AvgIpc) is 2.46. The summed E-state index contributed by atoms with van der Waals surface area (Å²) in [6, 6.07) is 5.17. The summed E-state index contributed by atoms with van der Waals surface area (Å²) >= 11 is 12.1. The van der Waals surface area contributed by atoms with Crippen molar-refractivity contribution >= 4 is 41.5 Å². The van der Waals surface area contributed by atoms with Gasteiger partial charge in [-0.15, -0.1) is 12.4 Å². The van der Waals surface area contributed by atoms with Crippen LogP contribution in [0, 0.1) is 0 Å². The van der Waals surface area contributed by atoms with E-state index in [4.69, 9.17) is 27.9 Å². The second-order valence-corrected chi connectivity index (χ2v) is 5.70. The van der Waals surface area contributed by atoms with Crippen molar-refractivity contribution in [3.8, 4) is 0 Å². The fraction of sp³-hybridized carbons (Fsp3) is 0.500. The molecule has 2 atom stereocenters. The molecule has 1 aromatic rings. The van der Waals surface area contributed by atoms with Crippen LogP contribution >= 0.6 is 35.6 Å². The minimum atomic E-state index is -0.428. The molecule has 0 aliphatic carbocycles. The van der Waals surface area contributed by atoms with Gasteiger partial charge >= 0.3 is 0 Å². The highest BCUT2D eigenvalue weighted by Gasteiger charge is 2.28. The first kappa shape index (κ1) is 18.5. The number of carbonyl (C=O) groups is 1. The quantitative estimate of drug-likeness (QED) is 0.908. The molecule has 0 saturated carbocycles. The Hall–Kier alpha value is -0.520. The third-order valence-corrected chi connectivity index (χ3v) is 4.11. The van der Waals surface area contributed by atoms with Crippen LogP contribution in [0.4, 0.5) is 0 Å². The van der Waals surface area contributed by atoms with Gasteiger partial charge in [-0.25, -0.2) is 0 Å². The van der Waals surface area contributed by atoms with Gasteiger partial charge in [0, 0.05) is 30.2 Å². The molecule has 1 heterocycles. The molecule has 1 aliphatic rings. The maximum atomic E-state index is 12.4. The van der Waals surface area contributed by atoms with Crippen molar-refractivity contribution in [1.29, 1.82) is 0 Å². The number of morpholine rings is 1. The minimum Gasteiger partial charge on any atom is -0.366 e. The van der Waals surface area contributed by atoms with Crippen LogP contribution in [0.1, 0.15) is 18.5 Å². The zero-order valence-corrected chi connectivity index (χ0v) is 14.3. The molecule has 1 saturated heterocycles. The molecule has 1 N–H and O–H groups in total. The lowest BCUT2D eigenvalue weighted by Gasteiger charge is -2.31. The smallest absolute Gasteiger partial charge is 0.253 e. The van der Waals surface area contributed by atoms with E-state index in [0.717, 1.165) is 12.1 Å². The van der Waals surface area contributed by atoms with E-state index in [1.807, 2.05) is 13.0 Å². The Morgan fingerprint density at radius 1 is 1.48 bits per heavy atom. The summed E-state index contributed by atoms with van der Waals surface area (Å²) in [6.07, 6.45) is -0.428. The van der Waals surface area contributed by atoms with E-state index in [1.54, 1.807) is 24.1 Å². The van der Waals surface area contributed by atoms with Crippen LogP contribution in [0.15, 0.2) is 18.2 Å². The first-order chi connectivity index (χ1) is 9.50. The molecular weight excluding hydrogens is 335 g/mol. The van der Waals surface area contributed by atoms with E-state index in [-0.39, 0.29) is 24.4 Å². The second kappa shape index (κ2) is 8.20. The van der Waals surface area contributed by atoms with Gasteiger partial charge in [0.25, 0.3) is 5.91 Å². The summed E-state index contributed by atoms with van der Waals surface area (Å²) in [7, 11) is 1.76. The number of hydrogen-bond acceptors (Lipinski definition) is 3. The first-order valence-electron chi connectivity index (χ1n) is 6.54. The van der Waals surface area contributed by atoms with E-state index in [9.17, 15) is 4.79 Å². The lowest BCUT2D eigenvalue weighted by atomic mass is 10.1. The molecule has 2 unspecified atom stereocenters. The molecule has 0 radical (unpaired) electrons. The van der Waals surface area contributed by atoms with Crippen LogP contribution in [0.3, 0.4) is 0 Å². The Labute approximate surface area is 141 Å². The molecule has 0 spiro atoms. The molecule has 1 amide bonds. The van der Waals surface area contributed by atoms with E-state index >= 15 is 0 Å². The number of halogens is 3. The normalized spacial score (nSPS) is 19.5. The van der Waals surface area contributed by atoms with Crippen molar-refractivity contribution in [3.05, 3.63) is 33.8 Å². The molecule has 118 valence electrons.